The van der Waals surface area contributed by atoms with Gasteiger partial charge in [-0.2, -0.15) is 10.2 Å². The van der Waals surface area contributed by atoms with Crippen molar-refractivity contribution >= 4 is 29.0 Å². The van der Waals surface area contributed by atoms with Crippen molar-refractivity contribution < 1.29 is 18.0 Å². The van der Waals surface area contributed by atoms with E-state index in [2.05, 4.69) is 20.8 Å². The highest BCUT2D eigenvalue weighted by atomic mass is 35.5. The summed E-state index contributed by atoms with van der Waals surface area (Å²) in [4.78, 5) is 13.4. The van der Waals surface area contributed by atoms with Crippen molar-refractivity contribution in [2.75, 3.05) is 10.6 Å². The number of hydrogen-bond acceptors (Lipinski definition) is 4. The highest BCUT2D eigenvalue weighted by molar-refractivity contribution is 6.31. The van der Waals surface area contributed by atoms with Gasteiger partial charge in [-0.3, -0.25) is 9.48 Å². The number of halogens is 4. The molecule has 0 bridgehead atoms. The molecule has 38 heavy (non-hydrogen) atoms. The SMILES string of the molecule is Cc1ccc(C2CC(C(F)F)n3ncc(C(=O)Nc4c(C)nn(Cc5c(F)cccc5Cl)c4C)c3N2)cc1. The summed E-state index contributed by atoms with van der Waals surface area (Å²) in [5.74, 6) is -0.749. The van der Waals surface area contributed by atoms with Gasteiger partial charge in [0.05, 0.1) is 35.9 Å². The number of hydrogen-bond donors (Lipinski definition) is 2. The maximum atomic E-state index is 14.3. The fraction of sp³-hybridized carbons (Fsp3) is 0.296. The number of fused-ring (bicyclic) bond motifs is 1. The van der Waals surface area contributed by atoms with Crippen LogP contribution in [0.4, 0.5) is 24.7 Å². The number of alkyl halides is 2. The lowest BCUT2D eigenvalue weighted by atomic mass is 9.96. The second-order valence-corrected chi connectivity index (χ2v) is 9.86. The van der Waals surface area contributed by atoms with Gasteiger partial charge in [-0.05, 0) is 44.9 Å². The van der Waals surface area contributed by atoms with E-state index in [0.717, 1.165) is 11.1 Å². The number of benzene rings is 2. The number of amides is 1. The molecule has 2 aromatic carbocycles. The van der Waals surface area contributed by atoms with Crippen molar-refractivity contribution in [1.82, 2.24) is 19.6 Å². The predicted molar refractivity (Wildman–Crippen MR) is 140 cm³/mol. The Morgan fingerprint density at radius 2 is 1.92 bits per heavy atom. The van der Waals surface area contributed by atoms with E-state index in [1.54, 1.807) is 24.6 Å². The quantitative estimate of drug-likeness (QED) is 0.293. The minimum atomic E-state index is -2.66. The largest absolute Gasteiger partial charge is 0.363 e. The van der Waals surface area contributed by atoms with Gasteiger partial charge in [0.2, 0.25) is 0 Å². The number of rotatable bonds is 6. The minimum absolute atomic E-state index is 0.0765. The van der Waals surface area contributed by atoms with E-state index in [4.69, 9.17) is 11.6 Å². The first-order chi connectivity index (χ1) is 18.1. The molecule has 11 heteroatoms. The van der Waals surface area contributed by atoms with Crippen molar-refractivity contribution in [3.63, 3.8) is 0 Å². The van der Waals surface area contributed by atoms with Gasteiger partial charge < -0.3 is 10.6 Å². The summed E-state index contributed by atoms with van der Waals surface area (Å²) in [6, 6.07) is 10.5. The van der Waals surface area contributed by atoms with Crippen LogP contribution < -0.4 is 10.6 Å². The van der Waals surface area contributed by atoms with Gasteiger partial charge >= 0.3 is 0 Å². The molecule has 4 aromatic rings. The van der Waals surface area contributed by atoms with Crippen molar-refractivity contribution in [2.45, 2.75) is 52.2 Å². The molecule has 2 aromatic heterocycles. The van der Waals surface area contributed by atoms with Crippen LogP contribution in [-0.2, 0) is 6.54 Å². The number of aromatic nitrogens is 4. The molecular weight excluding hydrogens is 517 g/mol. The number of carbonyl (C=O) groups excluding carboxylic acids is 1. The maximum Gasteiger partial charge on any atom is 0.261 e. The lowest BCUT2D eigenvalue weighted by molar-refractivity contribution is 0.0657. The van der Waals surface area contributed by atoms with Gasteiger partial charge in [-0.1, -0.05) is 47.5 Å². The molecular formula is C27H26ClF3N6O. The summed E-state index contributed by atoms with van der Waals surface area (Å²) < 4.78 is 45.1. The average molecular weight is 543 g/mol. The summed E-state index contributed by atoms with van der Waals surface area (Å²) in [6.45, 7) is 5.49. The Balaban J connectivity index is 1.43. The standard InChI is InChI=1S/C27H26ClF3N6O/c1-14-7-9-17(10-8-14)22-11-23(25(30)31)37-26(33-22)18(12-32-37)27(38)34-24-15(2)35-36(16(24)3)13-19-20(28)5-4-6-21(19)29/h4-10,12,22-23,25,33H,11,13H2,1-3H3,(H,34,38). The lowest BCUT2D eigenvalue weighted by Gasteiger charge is -2.32. The zero-order chi connectivity index (χ0) is 27.1. The summed E-state index contributed by atoms with van der Waals surface area (Å²) in [5, 5.41) is 14.9. The van der Waals surface area contributed by atoms with Crippen molar-refractivity contribution in [2.24, 2.45) is 0 Å². The second kappa shape index (κ2) is 10.2. The predicted octanol–water partition coefficient (Wildman–Crippen LogP) is 6.46. The van der Waals surface area contributed by atoms with Crippen molar-refractivity contribution in [3.8, 4) is 0 Å². The van der Waals surface area contributed by atoms with Gasteiger partial charge in [-0.15, -0.1) is 0 Å². The number of nitrogens with one attached hydrogen (secondary N) is 2. The highest BCUT2D eigenvalue weighted by Crippen LogP contribution is 2.39. The summed E-state index contributed by atoms with van der Waals surface area (Å²) in [5.41, 5.74) is 3.87. The van der Waals surface area contributed by atoms with Crippen LogP contribution in [-0.4, -0.2) is 31.9 Å². The van der Waals surface area contributed by atoms with Crippen LogP contribution in [0.3, 0.4) is 0 Å². The Hall–Kier alpha value is -3.79. The zero-order valence-electron chi connectivity index (χ0n) is 21.0. The van der Waals surface area contributed by atoms with E-state index in [1.807, 2.05) is 31.2 Å². The average Bonchev–Trinajstić information content (AvgIpc) is 3.42. The van der Waals surface area contributed by atoms with E-state index in [0.29, 0.717) is 17.1 Å². The molecule has 0 fully saturated rings. The van der Waals surface area contributed by atoms with Crippen LogP contribution in [0.5, 0.6) is 0 Å². The van der Waals surface area contributed by atoms with Crippen LogP contribution in [0.2, 0.25) is 5.02 Å². The van der Waals surface area contributed by atoms with Crippen molar-refractivity contribution in [3.05, 3.63) is 93.1 Å². The lowest BCUT2D eigenvalue weighted by Crippen LogP contribution is -2.31. The fourth-order valence-corrected chi connectivity index (χ4v) is 4.99. The summed E-state index contributed by atoms with van der Waals surface area (Å²) in [6.07, 6.45) is -1.24. The Morgan fingerprint density at radius 1 is 1.18 bits per heavy atom. The Labute approximate surface area is 222 Å². The number of aryl methyl sites for hydroxylation is 2. The number of nitrogens with zero attached hydrogens (tertiary/aromatic N) is 4. The first-order valence-corrected chi connectivity index (χ1v) is 12.5. The van der Waals surface area contributed by atoms with Gasteiger partial charge in [0.25, 0.3) is 12.3 Å². The molecule has 7 nitrogen and oxygen atoms in total. The van der Waals surface area contributed by atoms with Gasteiger partial charge in [0.15, 0.2) is 0 Å². The third kappa shape index (κ3) is 4.76. The zero-order valence-corrected chi connectivity index (χ0v) is 21.7. The van der Waals surface area contributed by atoms with Crippen LogP contribution in [0.25, 0.3) is 0 Å². The molecule has 2 atom stereocenters. The summed E-state index contributed by atoms with van der Waals surface area (Å²) >= 11 is 6.17. The molecule has 2 N–H and O–H groups in total. The molecule has 1 aliphatic rings. The highest BCUT2D eigenvalue weighted by Gasteiger charge is 2.36. The minimum Gasteiger partial charge on any atom is -0.363 e. The monoisotopic (exact) mass is 542 g/mol. The van der Waals surface area contributed by atoms with Crippen LogP contribution in [0, 0.1) is 26.6 Å². The molecule has 198 valence electrons. The van der Waals surface area contributed by atoms with E-state index in [9.17, 15) is 18.0 Å². The molecule has 1 aliphatic heterocycles. The van der Waals surface area contributed by atoms with E-state index in [1.165, 1.54) is 23.0 Å². The van der Waals surface area contributed by atoms with E-state index in [-0.39, 0.29) is 34.9 Å². The molecule has 2 unspecified atom stereocenters. The Kier molecular flexibility index (Phi) is 6.92. The van der Waals surface area contributed by atoms with Crippen LogP contribution in [0.1, 0.15) is 56.9 Å². The molecule has 3 heterocycles. The first kappa shape index (κ1) is 25.8. The van der Waals surface area contributed by atoms with E-state index >= 15 is 0 Å². The van der Waals surface area contributed by atoms with Gasteiger partial charge in [0.1, 0.15) is 23.2 Å². The van der Waals surface area contributed by atoms with Gasteiger partial charge in [-0.25, -0.2) is 17.9 Å². The Bertz CT molecular complexity index is 1480. The number of carbonyl (C=O) groups is 1. The molecule has 5 rings (SSSR count). The molecule has 0 radical (unpaired) electrons. The third-order valence-corrected chi connectivity index (χ3v) is 7.26. The Morgan fingerprint density at radius 3 is 2.61 bits per heavy atom. The smallest absolute Gasteiger partial charge is 0.261 e. The molecule has 0 spiro atoms. The molecule has 0 aliphatic carbocycles. The van der Waals surface area contributed by atoms with Crippen LogP contribution >= 0.6 is 11.6 Å². The third-order valence-electron chi connectivity index (χ3n) is 6.90. The fourth-order valence-electron chi connectivity index (χ4n) is 4.76. The van der Waals surface area contributed by atoms with E-state index < -0.39 is 30.2 Å². The van der Waals surface area contributed by atoms with Crippen LogP contribution in [0.15, 0.2) is 48.7 Å². The number of anilines is 2. The maximum absolute atomic E-state index is 14.3. The topological polar surface area (TPSA) is 76.8 Å². The normalized spacial score (nSPS) is 16.8. The first-order valence-electron chi connectivity index (χ1n) is 12.1. The molecule has 0 saturated heterocycles. The van der Waals surface area contributed by atoms with Gasteiger partial charge in [0, 0.05) is 10.6 Å². The van der Waals surface area contributed by atoms with Crippen molar-refractivity contribution in [1.29, 1.82) is 0 Å². The molecule has 1 amide bonds. The second-order valence-electron chi connectivity index (χ2n) is 9.45. The summed E-state index contributed by atoms with van der Waals surface area (Å²) in [7, 11) is 0. The molecule has 0 saturated carbocycles.